The molecule has 0 atom stereocenters. The number of aliphatic hydroxyl groups excluding tert-OH is 1. The van der Waals surface area contributed by atoms with Gasteiger partial charge in [-0.15, -0.1) is 0 Å². The molecule has 0 aliphatic rings. The Morgan fingerprint density at radius 2 is 1.64 bits per heavy atom. The molecule has 0 aliphatic carbocycles. The van der Waals surface area contributed by atoms with Crippen LogP contribution in [0.4, 0.5) is 0 Å². The summed E-state index contributed by atoms with van der Waals surface area (Å²) in [5.41, 5.74) is 1.27. The van der Waals surface area contributed by atoms with E-state index in [1.54, 1.807) is 18.2 Å². The molecule has 0 fully saturated rings. The van der Waals surface area contributed by atoms with Crippen LogP contribution >= 0.6 is 0 Å². The van der Waals surface area contributed by atoms with Crippen molar-refractivity contribution in [1.29, 1.82) is 0 Å². The average molecular weight is 342 g/mol. The smallest absolute Gasteiger partial charge is 0.191 e. The molecule has 0 spiro atoms. The number of hydrogen-bond donors (Lipinski definition) is 3. The number of phenols is 2. The maximum Gasteiger partial charge on any atom is 0.191 e. The lowest BCUT2D eigenvalue weighted by atomic mass is 10.1. The minimum Gasteiger partial charge on any atom is -0.507 e. The van der Waals surface area contributed by atoms with Crippen molar-refractivity contribution in [2.45, 2.75) is 6.92 Å². The molecule has 7 heteroatoms. The topological polar surface area (TPSA) is 112 Å². The Hall–Kier alpha value is -3.19. The van der Waals surface area contributed by atoms with Gasteiger partial charge in [0.25, 0.3) is 0 Å². The van der Waals surface area contributed by atoms with Crippen molar-refractivity contribution in [1.82, 2.24) is 0 Å². The Labute approximate surface area is 144 Å². The summed E-state index contributed by atoms with van der Waals surface area (Å²) in [6.07, 6.45) is 2.90. The van der Waals surface area contributed by atoms with Gasteiger partial charge in [0, 0.05) is 0 Å². The molecule has 0 amide bonds. The lowest BCUT2D eigenvalue weighted by Crippen LogP contribution is -2.05. The molecular weight excluding hydrogens is 324 g/mol. The van der Waals surface area contributed by atoms with E-state index in [0.717, 1.165) is 0 Å². The number of Topliss-reactive ketones (excluding diaryl/α,β-unsaturated/α-hetero) is 1. The molecule has 25 heavy (non-hydrogen) atoms. The normalized spacial score (nSPS) is 11.3. The summed E-state index contributed by atoms with van der Waals surface area (Å²) in [5.74, 6) is -0.371. The van der Waals surface area contributed by atoms with Crippen LogP contribution in [0.3, 0.4) is 0 Å². The van der Waals surface area contributed by atoms with Gasteiger partial charge in [-0.3, -0.25) is 4.79 Å². The van der Waals surface area contributed by atoms with Gasteiger partial charge in [-0.05, 0) is 54.4 Å². The predicted molar refractivity (Wildman–Crippen MR) is 94.0 cm³/mol. The van der Waals surface area contributed by atoms with Gasteiger partial charge in [0.15, 0.2) is 17.3 Å². The molecule has 0 heterocycles. The van der Waals surface area contributed by atoms with E-state index < -0.39 is 12.4 Å². The Balaban J connectivity index is 2.12. The molecule has 130 valence electrons. The molecule has 3 N–H and O–H groups in total. The molecule has 2 rings (SSSR count). The van der Waals surface area contributed by atoms with Gasteiger partial charge in [0.1, 0.15) is 12.4 Å². The summed E-state index contributed by atoms with van der Waals surface area (Å²) in [5, 5.41) is 35.9. The van der Waals surface area contributed by atoms with Crippen LogP contribution in [0.15, 0.2) is 46.6 Å². The number of carbonyl (C=O) groups excluding carboxylic acids is 1. The monoisotopic (exact) mass is 342 g/mol. The number of hydrogen-bond acceptors (Lipinski definition) is 7. The van der Waals surface area contributed by atoms with Crippen molar-refractivity contribution >= 4 is 18.2 Å². The number of ether oxygens (including phenoxy) is 1. The second-order valence-corrected chi connectivity index (χ2v) is 5.01. The number of aliphatic hydroxyl groups is 1. The summed E-state index contributed by atoms with van der Waals surface area (Å²) < 4.78 is 5.28. The van der Waals surface area contributed by atoms with Gasteiger partial charge in [0.2, 0.25) is 0 Å². The van der Waals surface area contributed by atoms with Crippen molar-refractivity contribution in [3.8, 4) is 17.2 Å². The number of rotatable bonds is 7. The third-order valence-electron chi connectivity index (χ3n) is 3.23. The summed E-state index contributed by atoms with van der Waals surface area (Å²) in [7, 11) is 0. The first-order valence-corrected chi connectivity index (χ1v) is 7.54. The van der Waals surface area contributed by atoms with Gasteiger partial charge in [-0.25, -0.2) is 0 Å². The van der Waals surface area contributed by atoms with Crippen molar-refractivity contribution < 1.29 is 24.9 Å². The van der Waals surface area contributed by atoms with Crippen LogP contribution in [-0.2, 0) is 0 Å². The summed E-state index contributed by atoms with van der Waals surface area (Å²) in [4.78, 5) is 11.5. The number of carbonyl (C=O) groups is 1. The lowest BCUT2D eigenvalue weighted by Gasteiger charge is -2.05. The van der Waals surface area contributed by atoms with E-state index in [0.29, 0.717) is 23.5 Å². The molecule has 0 aromatic heterocycles. The first-order chi connectivity index (χ1) is 12.0. The van der Waals surface area contributed by atoms with E-state index in [-0.39, 0.29) is 17.1 Å². The zero-order chi connectivity index (χ0) is 18.2. The van der Waals surface area contributed by atoms with E-state index in [9.17, 15) is 15.0 Å². The van der Waals surface area contributed by atoms with Gasteiger partial charge in [-0.2, -0.15) is 10.2 Å². The molecule has 7 nitrogen and oxygen atoms in total. The van der Waals surface area contributed by atoms with Crippen LogP contribution in [0.2, 0.25) is 0 Å². The first-order valence-electron chi connectivity index (χ1n) is 7.54. The van der Waals surface area contributed by atoms with Gasteiger partial charge < -0.3 is 20.1 Å². The highest BCUT2D eigenvalue weighted by atomic mass is 16.5. The first kappa shape index (κ1) is 18.2. The molecule has 0 bridgehead atoms. The molecule has 2 aromatic rings. The fraction of sp³-hybridized carbons (Fsp3) is 0.167. The largest absolute Gasteiger partial charge is 0.507 e. The number of phenolic OH excluding ortho intramolecular Hbond substituents is 2. The minimum atomic E-state index is -0.685. The highest BCUT2D eigenvalue weighted by molar-refractivity contribution is 6.00. The number of nitrogens with zero attached hydrogens (tertiary/aromatic N) is 2. The predicted octanol–water partition coefficient (Wildman–Crippen LogP) is 2.12. The molecule has 0 unspecified atom stereocenters. The van der Waals surface area contributed by atoms with Crippen LogP contribution in [0.25, 0.3) is 0 Å². The third-order valence-corrected chi connectivity index (χ3v) is 3.23. The fourth-order valence-electron chi connectivity index (χ4n) is 2.02. The highest BCUT2D eigenvalue weighted by Crippen LogP contribution is 2.26. The summed E-state index contributed by atoms with van der Waals surface area (Å²) in [6.45, 7) is 1.56. The molecule has 2 aromatic carbocycles. The zero-order valence-electron chi connectivity index (χ0n) is 13.6. The summed E-state index contributed by atoms with van der Waals surface area (Å²) >= 11 is 0. The minimum absolute atomic E-state index is 0.0234. The van der Waals surface area contributed by atoms with Crippen LogP contribution in [0.5, 0.6) is 17.2 Å². The van der Waals surface area contributed by atoms with Crippen LogP contribution in [0.1, 0.15) is 28.4 Å². The van der Waals surface area contributed by atoms with Crippen molar-refractivity contribution in [3.63, 3.8) is 0 Å². The number of ketones is 1. The maximum absolute atomic E-state index is 11.5. The lowest BCUT2D eigenvalue weighted by molar-refractivity contribution is 0.0901. The van der Waals surface area contributed by atoms with Crippen LogP contribution in [-0.4, -0.2) is 46.7 Å². The Morgan fingerprint density at radius 3 is 2.24 bits per heavy atom. The SMILES string of the molecule is CCOc1cc(C=NN=Cc2ccc(O)c(C(=O)CO)c2)ccc1O. The molecule has 0 saturated heterocycles. The molecule has 0 aliphatic heterocycles. The average Bonchev–Trinajstić information content (AvgIpc) is 2.62. The van der Waals surface area contributed by atoms with Crippen molar-refractivity contribution in [3.05, 3.63) is 53.1 Å². The van der Waals surface area contributed by atoms with E-state index >= 15 is 0 Å². The van der Waals surface area contributed by atoms with Crippen molar-refractivity contribution in [2.75, 3.05) is 13.2 Å². The second kappa shape index (κ2) is 8.60. The Kier molecular flexibility index (Phi) is 6.25. The van der Waals surface area contributed by atoms with E-state index in [4.69, 9.17) is 9.84 Å². The fourth-order valence-corrected chi connectivity index (χ4v) is 2.02. The maximum atomic E-state index is 11.5. The molecular formula is C18H18N2O5. The zero-order valence-corrected chi connectivity index (χ0v) is 13.6. The second-order valence-electron chi connectivity index (χ2n) is 5.01. The highest BCUT2D eigenvalue weighted by Gasteiger charge is 2.10. The standard InChI is InChI=1S/C18H18N2O5/c1-2-25-18-8-13(4-6-16(18)23)10-20-19-9-12-3-5-15(22)14(7-12)17(24)11-21/h3-10,21-23H,2,11H2,1H3. The molecule has 0 radical (unpaired) electrons. The number of aromatic hydroxyl groups is 2. The van der Waals surface area contributed by atoms with Crippen LogP contribution < -0.4 is 4.74 Å². The van der Waals surface area contributed by atoms with Crippen molar-refractivity contribution in [2.24, 2.45) is 10.2 Å². The Bertz CT molecular complexity index is 815. The van der Waals surface area contributed by atoms with Crippen LogP contribution in [0, 0.1) is 0 Å². The van der Waals surface area contributed by atoms with Gasteiger partial charge in [0.05, 0.1) is 24.6 Å². The number of benzene rings is 2. The van der Waals surface area contributed by atoms with E-state index in [2.05, 4.69) is 10.2 Å². The summed E-state index contributed by atoms with van der Waals surface area (Å²) in [6, 6.07) is 9.13. The third kappa shape index (κ3) is 4.89. The van der Waals surface area contributed by atoms with E-state index in [1.165, 1.54) is 30.6 Å². The van der Waals surface area contributed by atoms with Gasteiger partial charge in [-0.1, -0.05) is 0 Å². The quantitative estimate of drug-likeness (QED) is 0.405. The Morgan fingerprint density at radius 1 is 1.04 bits per heavy atom. The van der Waals surface area contributed by atoms with Gasteiger partial charge >= 0.3 is 0 Å². The van der Waals surface area contributed by atoms with E-state index in [1.807, 2.05) is 6.92 Å². The molecule has 0 saturated carbocycles.